The maximum Gasteiger partial charge on any atom is 0.390 e. The van der Waals surface area contributed by atoms with Gasteiger partial charge in [0.2, 0.25) is 0 Å². The first kappa shape index (κ1) is 13.4. The number of likely N-dealkylation sites (N-methyl/N-ethyl adjacent to an activating group) is 1. The predicted molar refractivity (Wildman–Crippen MR) is 51.2 cm³/mol. The fraction of sp³-hybridized carbons (Fsp3) is 0.778. The molecule has 0 radical (unpaired) electrons. The minimum absolute atomic E-state index is 0.0548. The Labute approximate surface area is 82.8 Å². The van der Waals surface area contributed by atoms with Crippen molar-refractivity contribution in [2.75, 3.05) is 33.2 Å². The van der Waals surface area contributed by atoms with Crippen molar-refractivity contribution in [2.45, 2.75) is 12.6 Å². The zero-order chi connectivity index (χ0) is 11.0. The van der Waals surface area contributed by atoms with E-state index in [9.17, 15) is 13.2 Å². The average molecular weight is 210 g/mol. The molecular formula is C9H17F3N2. The van der Waals surface area contributed by atoms with Gasteiger partial charge in [0.05, 0.1) is 6.42 Å². The third kappa shape index (κ3) is 9.54. The van der Waals surface area contributed by atoms with Crippen LogP contribution in [0.3, 0.4) is 0 Å². The summed E-state index contributed by atoms with van der Waals surface area (Å²) < 4.78 is 35.4. The molecule has 0 saturated carbocycles. The SMILES string of the molecule is C=CCNCCN(C)CCC(F)(F)F. The first-order chi connectivity index (χ1) is 6.45. The first-order valence-electron chi connectivity index (χ1n) is 4.52. The van der Waals surface area contributed by atoms with Crippen LogP contribution in [0.4, 0.5) is 13.2 Å². The van der Waals surface area contributed by atoms with Gasteiger partial charge in [-0.15, -0.1) is 6.58 Å². The van der Waals surface area contributed by atoms with Crippen molar-refractivity contribution in [1.82, 2.24) is 10.2 Å². The number of nitrogens with zero attached hydrogens (tertiary/aromatic N) is 1. The van der Waals surface area contributed by atoms with Gasteiger partial charge in [-0.3, -0.25) is 0 Å². The van der Waals surface area contributed by atoms with Gasteiger partial charge in [0.15, 0.2) is 0 Å². The molecule has 0 aliphatic heterocycles. The van der Waals surface area contributed by atoms with Crippen LogP contribution < -0.4 is 5.32 Å². The van der Waals surface area contributed by atoms with Crippen LogP contribution in [0.1, 0.15) is 6.42 Å². The standard InChI is InChI=1S/C9H17F3N2/c1-3-5-13-6-8-14(2)7-4-9(10,11)12/h3,13H,1,4-8H2,2H3. The van der Waals surface area contributed by atoms with E-state index in [4.69, 9.17) is 0 Å². The van der Waals surface area contributed by atoms with Crippen molar-refractivity contribution in [3.05, 3.63) is 12.7 Å². The third-order valence-corrected chi connectivity index (χ3v) is 1.74. The van der Waals surface area contributed by atoms with E-state index in [2.05, 4.69) is 11.9 Å². The number of alkyl halides is 3. The number of rotatable bonds is 7. The number of hydrogen-bond donors (Lipinski definition) is 1. The highest BCUT2D eigenvalue weighted by Crippen LogP contribution is 2.19. The van der Waals surface area contributed by atoms with E-state index in [0.29, 0.717) is 19.6 Å². The molecular weight excluding hydrogens is 193 g/mol. The molecule has 0 aliphatic carbocycles. The van der Waals surface area contributed by atoms with Crippen LogP contribution in [0.2, 0.25) is 0 Å². The molecule has 2 nitrogen and oxygen atoms in total. The minimum Gasteiger partial charge on any atom is -0.312 e. The van der Waals surface area contributed by atoms with E-state index in [1.807, 2.05) is 0 Å². The van der Waals surface area contributed by atoms with Gasteiger partial charge in [-0.25, -0.2) is 0 Å². The van der Waals surface area contributed by atoms with Gasteiger partial charge >= 0.3 is 6.18 Å². The lowest BCUT2D eigenvalue weighted by atomic mass is 10.4. The second-order valence-corrected chi connectivity index (χ2v) is 3.16. The van der Waals surface area contributed by atoms with Gasteiger partial charge in [-0.05, 0) is 7.05 Å². The number of nitrogens with one attached hydrogen (secondary N) is 1. The van der Waals surface area contributed by atoms with Crippen LogP contribution in [0, 0.1) is 0 Å². The highest BCUT2D eigenvalue weighted by molar-refractivity contribution is 4.70. The van der Waals surface area contributed by atoms with Crippen molar-refractivity contribution in [3.8, 4) is 0 Å². The van der Waals surface area contributed by atoms with Gasteiger partial charge in [0, 0.05) is 26.2 Å². The normalized spacial score (nSPS) is 12.1. The van der Waals surface area contributed by atoms with Crippen molar-refractivity contribution >= 4 is 0 Å². The molecule has 14 heavy (non-hydrogen) atoms. The summed E-state index contributed by atoms with van der Waals surface area (Å²) in [5, 5.41) is 3.02. The average Bonchev–Trinajstić information content (AvgIpc) is 2.08. The molecule has 0 rings (SSSR count). The molecule has 5 heteroatoms. The largest absolute Gasteiger partial charge is 0.390 e. The Balaban J connectivity index is 3.36. The summed E-state index contributed by atoms with van der Waals surface area (Å²) >= 11 is 0. The van der Waals surface area contributed by atoms with Crippen LogP contribution in [0.25, 0.3) is 0 Å². The molecule has 0 aromatic carbocycles. The maximum absolute atomic E-state index is 11.8. The molecule has 0 atom stereocenters. The Bertz CT molecular complexity index is 157. The van der Waals surface area contributed by atoms with E-state index in [1.165, 1.54) is 0 Å². The summed E-state index contributed by atoms with van der Waals surface area (Å²) in [4.78, 5) is 1.66. The second-order valence-electron chi connectivity index (χ2n) is 3.16. The molecule has 0 bridgehead atoms. The fourth-order valence-electron chi connectivity index (χ4n) is 0.903. The Morgan fingerprint density at radius 1 is 1.36 bits per heavy atom. The molecule has 0 aliphatic rings. The van der Waals surface area contributed by atoms with Crippen LogP contribution in [-0.4, -0.2) is 44.3 Å². The van der Waals surface area contributed by atoms with E-state index < -0.39 is 12.6 Å². The molecule has 0 heterocycles. The smallest absolute Gasteiger partial charge is 0.312 e. The summed E-state index contributed by atoms with van der Waals surface area (Å²) in [5.41, 5.74) is 0. The lowest BCUT2D eigenvalue weighted by molar-refractivity contribution is -0.137. The van der Waals surface area contributed by atoms with E-state index in [0.717, 1.165) is 0 Å². The summed E-state index contributed by atoms with van der Waals surface area (Å²) in [6.45, 7) is 5.56. The molecule has 0 unspecified atom stereocenters. The summed E-state index contributed by atoms with van der Waals surface area (Å²) in [7, 11) is 1.68. The minimum atomic E-state index is -4.05. The van der Waals surface area contributed by atoms with Crippen molar-refractivity contribution < 1.29 is 13.2 Å². The summed E-state index contributed by atoms with van der Waals surface area (Å²) in [6, 6.07) is 0. The van der Waals surface area contributed by atoms with E-state index in [-0.39, 0.29) is 6.54 Å². The number of hydrogen-bond acceptors (Lipinski definition) is 2. The Hall–Kier alpha value is -0.550. The van der Waals surface area contributed by atoms with Gasteiger partial charge in [-0.1, -0.05) is 6.08 Å². The summed E-state index contributed by atoms with van der Waals surface area (Å²) in [6.07, 6.45) is -3.08. The third-order valence-electron chi connectivity index (χ3n) is 1.74. The van der Waals surface area contributed by atoms with E-state index >= 15 is 0 Å². The lowest BCUT2D eigenvalue weighted by Crippen LogP contribution is -2.31. The lowest BCUT2D eigenvalue weighted by Gasteiger charge is -2.17. The van der Waals surface area contributed by atoms with Crippen LogP contribution in [0.5, 0.6) is 0 Å². The van der Waals surface area contributed by atoms with Crippen molar-refractivity contribution in [2.24, 2.45) is 0 Å². The topological polar surface area (TPSA) is 15.3 Å². The van der Waals surface area contributed by atoms with Gasteiger partial charge < -0.3 is 10.2 Å². The number of halogens is 3. The zero-order valence-electron chi connectivity index (χ0n) is 8.40. The highest BCUT2D eigenvalue weighted by atomic mass is 19.4. The molecule has 0 aromatic rings. The van der Waals surface area contributed by atoms with Gasteiger partial charge in [0.1, 0.15) is 0 Å². The van der Waals surface area contributed by atoms with Gasteiger partial charge in [-0.2, -0.15) is 13.2 Å². The monoisotopic (exact) mass is 210 g/mol. The molecule has 0 spiro atoms. The zero-order valence-corrected chi connectivity index (χ0v) is 8.40. The van der Waals surface area contributed by atoms with Crippen molar-refractivity contribution in [1.29, 1.82) is 0 Å². The van der Waals surface area contributed by atoms with E-state index in [1.54, 1.807) is 18.0 Å². The molecule has 0 fully saturated rings. The van der Waals surface area contributed by atoms with Crippen LogP contribution in [-0.2, 0) is 0 Å². The summed E-state index contributed by atoms with van der Waals surface area (Å²) in [5.74, 6) is 0. The van der Waals surface area contributed by atoms with Crippen LogP contribution in [0.15, 0.2) is 12.7 Å². The first-order valence-corrected chi connectivity index (χ1v) is 4.52. The second kappa shape index (κ2) is 6.84. The quantitative estimate of drug-likeness (QED) is 0.507. The van der Waals surface area contributed by atoms with Crippen LogP contribution >= 0.6 is 0 Å². The molecule has 0 aromatic heterocycles. The Morgan fingerprint density at radius 2 is 2.00 bits per heavy atom. The molecule has 0 amide bonds. The highest BCUT2D eigenvalue weighted by Gasteiger charge is 2.26. The molecule has 0 saturated heterocycles. The fourth-order valence-corrected chi connectivity index (χ4v) is 0.903. The predicted octanol–water partition coefficient (Wildman–Crippen LogP) is 1.65. The Morgan fingerprint density at radius 3 is 2.50 bits per heavy atom. The molecule has 1 N–H and O–H groups in total. The van der Waals surface area contributed by atoms with Crippen molar-refractivity contribution in [3.63, 3.8) is 0 Å². The Kier molecular flexibility index (Phi) is 6.57. The van der Waals surface area contributed by atoms with Gasteiger partial charge in [0.25, 0.3) is 0 Å². The molecule has 84 valence electrons. The maximum atomic E-state index is 11.8.